The molecule has 2 N–H and O–H groups in total. The van der Waals surface area contributed by atoms with E-state index in [1.165, 1.54) is 23.7 Å². The third-order valence-corrected chi connectivity index (χ3v) is 4.75. The second kappa shape index (κ2) is 6.40. The van der Waals surface area contributed by atoms with E-state index in [9.17, 15) is 22.8 Å². The number of benzene rings is 1. The standard InChI is InChI=1S/C14H15F3N2O3S/c1-19-7-8-23-10(9-5-3-2-4-6-9)13(18,11(19)20)22-12(21)14(15,16)17/h2-6,10H,7-8,18H2,1H3/t10-,13-/m0/s1. The van der Waals surface area contributed by atoms with Crippen LogP contribution in [0.4, 0.5) is 13.2 Å². The SMILES string of the molecule is CN1CCS[C@@H](c2ccccc2)[C@](N)(OC(=O)C(F)(F)F)C1=O. The van der Waals surface area contributed by atoms with E-state index in [-0.39, 0.29) is 6.54 Å². The molecule has 1 heterocycles. The van der Waals surface area contributed by atoms with Crippen LogP contribution in [0.3, 0.4) is 0 Å². The molecule has 1 aromatic carbocycles. The minimum absolute atomic E-state index is 0.287. The van der Waals surface area contributed by atoms with Crippen molar-refractivity contribution < 1.29 is 27.5 Å². The van der Waals surface area contributed by atoms with Gasteiger partial charge in [0.05, 0.1) is 5.25 Å². The van der Waals surface area contributed by atoms with Crippen LogP contribution in [0.1, 0.15) is 10.8 Å². The molecule has 1 aromatic rings. The first kappa shape index (κ1) is 17.6. The van der Waals surface area contributed by atoms with Crippen LogP contribution in [-0.4, -0.2) is 48.0 Å². The highest BCUT2D eigenvalue weighted by molar-refractivity contribution is 7.99. The maximum Gasteiger partial charge on any atom is 0.491 e. The Bertz CT molecular complexity index is 597. The predicted molar refractivity (Wildman–Crippen MR) is 78.3 cm³/mol. The van der Waals surface area contributed by atoms with Gasteiger partial charge in [0, 0.05) is 19.3 Å². The lowest BCUT2D eigenvalue weighted by Gasteiger charge is -2.35. The zero-order valence-electron chi connectivity index (χ0n) is 12.2. The Balaban J connectivity index is 2.45. The van der Waals surface area contributed by atoms with Gasteiger partial charge in [0.15, 0.2) is 0 Å². The van der Waals surface area contributed by atoms with Crippen LogP contribution in [0.25, 0.3) is 0 Å². The highest BCUT2D eigenvalue weighted by Gasteiger charge is 2.54. The van der Waals surface area contributed by atoms with E-state index in [0.29, 0.717) is 11.3 Å². The molecule has 1 saturated heterocycles. The number of likely N-dealkylation sites (N-methyl/N-ethyl adjacent to an activating group) is 1. The van der Waals surface area contributed by atoms with Crippen molar-refractivity contribution in [2.24, 2.45) is 5.73 Å². The van der Waals surface area contributed by atoms with Crippen molar-refractivity contribution in [1.82, 2.24) is 4.90 Å². The Morgan fingerprint density at radius 1 is 1.39 bits per heavy atom. The fourth-order valence-electron chi connectivity index (χ4n) is 2.22. The van der Waals surface area contributed by atoms with Gasteiger partial charge in [-0.15, -0.1) is 11.8 Å². The number of hydrogen-bond donors (Lipinski definition) is 1. The number of ether oxygens (including phenoxy) is 1. The largest absolute Gasteiger partial charge is 0.491 e. The van der Waals surface area contributed by atoms with Crippen LogP contribution < -0.4 is 5.73 Å². The lowest BCUT2D eigenvalue weighted by molar-refractivity contribution is -0.215. The number of hydrogen-bond acceptors (Lipinski definition) is 5. The number of esters is 1. The molecule has 5 nitrogen and oxygen atoms in total. The summed E-state index contributed by atoms with van der Waals surface area (Å²) in [5.41, 5.74) is 4.00. The van der Waals surface area contributed by atoms with E-state index in [2.05, 4.69) is 4.74 Å². The molecule has 0 radical (unpaired) electrons. The first-order valence-electron chi connectivity index (χ1n) is 6.67. The number of nitrogens with zero attached hydrogens (tertiary/aromatic N) is 1. The van der Waals surface area contributed by atoms with Gasteiger partial charge in [0.1, 0.15) is 0 Å². The molecule has 2 atom stereocenters. The molecule has 2 rings (SSSR count). The van der Waals surface area contributed by atoms with Gasteiger partial charge in [-0.3, -0.25) is 10.5 Å². The molecular weight excluding hydrogens is 333 g/mol. The van der Waals surface area contributed by atoms with Crippen LogP contribution in [-0.2, 0) is 14.3 Å². The fraction of sp³-hybridized carbons (Fsp3) is 0.429. The van der Waals surface area contributed by atoms with Gasteiger partial charge in [-0.2, -0.15) is 13.2 Å². The molecule has 126 valence electrons. The van der Waals surface area contributed by atoms with Gasteiger partial charge in [-0.25, -0.2) is 4.79 Å². The number of alkyl halides is 3. The number of amides is 1. The summed E-state index contributed by atoms with van der Waals surface area (Å²) in [5, 5.41) is -0.938. The third kappa shape index (κ3) is 3.61. The van der Waals surface area contributed by atoms with E-state index in [1.54, 1.807) is 30.3 Å². The predicted octanol–water partition coefficient (Wildman–Crippen LogP) is 1.69. The average molecular weight is 348 g/mol. The first-order chi connectivity index (χ1) is 10.7. The molecule has 0 aromatic heterocycles. The van der Waals surface area contributed by atoms with Gasteiger partial charge in [-0.05, 0) is 5.56 Å². The van der Waals surface area contributed by atoms with Gasteiger partial charge < -0.3 is 9.64 Å². The van der Waals surface area contributed by atoms with Gasteiger partial charge in [0.25, 0.3) is 11.6 Å². The summed E-state index contributed by atoms with van der Waals surface area (Å²) >= 11 is 1.17. The summed E-state index contributed by atoms with van der Waals surface area (Å²) in [5.74, 6) is -2.90. The van der Waals surface area contributed by atoms with E-state index in [1.807, 2.05) is 0 Å². The summed E-state index contributed by atoms with van der Waals surface area (Å²) < 4.78 is 42.2. The fourth-order valence-corrected chi connectivity index (χ4v) is 3.58. The molecule has 1 aliphatic rings. The summed E-state index contributed by atoms with van der Waals surface area (Å²) in [6.07, 6.45) is -5.23. The van der Waals surface area contributed by atoms with E-state index in [4.69, 9.17) is 5.73 Å². The van der Waals surface area contributed by atoms with Gasteiger partial charge in [0.2, 0.25) is 0 Å². The van der Waals surface area contributed by atoms with Crippen LogP contribution in [0.2, 0.25) is 0 Å². The molecule has 0 saturated carbocycles. The molecule has 9 heteroatoms. The lowest BCUT2D eigenvalue weighted by atomic mass is 10.0. The van der Waals surface area contributed by atoms with Crippen molar-refractivity contribution in [3.05, 3.63) is 35.9 Å². The Labute approximate surface area is 135 Å². The summed E-state index contributed by atoms with van der Waals surface area (Å²) in [6, 6.07) is 8.30. The monoisotopic (exact) mass is 348 g/mol. The zero-order valence-corrected chi connectivity index (χ0v) is 13.0. The van der Waals surface area contributed by atoms with Gasteiger partial charge in [-0.1, -0.05) is 30.3 Å². The summed E-state index contributed by atoms with van der Waals surface area (Å²) in [7, 11) is 1.40. The van der Waals surface area contributed by atoms with Crippen molar-refractivity contribution >= 4 is 23.6 Å². The lowest BCUT2D eigenvalue weighted by Crippen LogP contribution is -2.60. The molecule has 1 amide bonds. The number of halogens is 3. The highest BCUT2D eigenvalue weighted by Crippen LogP contribution is 2.41. The minimum atomic E-state index is -5.23. The number of thioether (sulfide) groups is 1. The van der Waals surface area contributed by atoms with Crippen molar-refractivity contribution in [3.63, 3.8) is 0 Å². The van der Waals surface area contributed by atoms with Crippen molar-refractivity contribution in [1.29, 1.82) is 0 Å². The highest BCUT2D eigenvalue weighted by atomic mass is 32.2. The molecule has 1 aliphatic heterocycles. The topological polar surface area (TPSA) is 72.6 Å². The Morgan fingerprint density at radius 3 is 2.57 bits per heavy atom. The van der Waals surface area contributed by atoms with Crippen molar-refractivity contribution in [3.8, 4) is 0 Å². The second-order valence-electron chi connectivity index (χ2n) is 5.07. The number of nitrogens with two attached hydrogens (primary N) is 1. The molecule has 0 unspecified atom stereocenters. The van der Waals surface area contributed by atoms with Crippen LogP contribution in [0, 0.1) is 0 Å². The number of carbonyl (C=O) groups excluding carboxylic acids is 2. The Kier molecular flexibility index (Phi) is 4.90. The maximum absolute atomic E-state index is 12.6. The molecule has 0 bridgehead atoms. The maximum atomic E-state index is 12.6. The van der Waals surface area contributed by atoms with Crippen molar-refractivity contribution in [2.75, 3.05) is 19.3 Å². The normalized spacial score (nSPS) is 25.9. The first-order valence-corrected chi connectivity index (χ1v) is 7.72. The minimum Gasteiger partial charge on any atom is -0.426 e. The van der Waals surface area contributed by atoms with Crippen LogP contribution in [0.5, 0.6) is 0 Å². The molecule has 1 fully saturated rings. The second-order valence-corrected chi connectivity index (χ2v) is 6.28. The van der Waals surface area contributed by atoms with E-state index < -0.39 is 29.0 Å². The molecule has 23 heavy (non-hydrogen) atoms. The Morgan fingerprint density at radius 2 is 2.00 bits per heavy atom. The number of rotatable bonds is 2. The van der Waals surface area contributed by atoms with Crippen LogP contribution >= 0.6 is 11.8 Å². The molecule has 0 aliphatic carbocycles. The van der Waals surface area contributed by atoms with Crippen LogP contribution in [0.15, 0.2) is 30.3 Å². The van der Waals surface area contributed by atoms with Crippen molar-refractivity contribution in [2.45, 2.75) is 17.2 Å². The number of carbonyl (C=O) groups is 2. The summed E-state index contributed by atoms with van der Waals surface area (Å²) in [4.78, 5) is 24.9. The smallest absolute Gasteiger partial charge is 0.426 e. The van der Waals surface area contributed by atoms with Gasteiger partial charge >= 0.3 is 12.1 Å². The third-order valence-electron chi connectivity index (χ3n) is 3.38. The Hall–Kier alpha value is -1.74. The summed E-state index contributed by atoms with van der Waals surface area (Å²) in [6.45, 7) is 0.287. The quantitative estimate of drug-likeness (QED) is 0.650. The zero-order chi connectivity index (χ0) is 17.3. The molecule has 0 spiro atoms. The van der Waals surface area contributed by atoms with E-state index >= 15 is 0 Å². The molecular formula is C14H15F3N2O3S. The van der Waals surface area contributed by atoms with E-state index in [0.717, 1.165) is 0 Å². The average Bonchev–Trinajstić information content (AvgIpc) is 2.59.